The minimum absolute atomic E-state index is 0.00168. The third-order valence-electron chi connectivity index (χ3n) is 4.56. The van der Waals surface area contributed by atoms with Crippen molar-refractivity contribution in [3.05, 3.63) is 51.5 Å². The zero-order chi connectivity index (χ0) is 16.7. The van der Waals surface area contributed by atoms with E-state index >= 15 is 0 Å². The lowest BCUT2D eigenvalue weighted by Gasteiger charge is -2.21. The van der Waals surface area contributed by atoms with Gasteiger partial charge in [0.1, 0.15) is 5.82 Å². The molecule has 0 saturated heterocycles. The molecule has 3 heterocycles. The molecule has 0 radical (unpaired) electrons. The Bertz CT molecular complexity index is 969. The number of carbonyl (C=O) groups is 1. The number of amides is 1. The molecule has 1 aliphatic heterocycles. The molecule has 124 valence electrons. The second-order valence-electron chi connectivity index (χ2n) is 6.18. The first-order valence-electron chi connectivity index (χ1n) is 7.98. The van der Waals surface area contributed by atoms with Crippen molar-refractivity contribution in [2.24, 2.45) is 13.0 Å². The molecular formula is C17H18N4O2S. The molecule has 1 aromatic carbocycles. The van der Waals surface area contributed by atoms with Crippen LogP contribution in [0.5, 0.6) is 0 Å². The first-order valence-corrected chi connectivity index (χ1v) is 8.86. The molecule has 0 spiro atoms. The molecule has 3 aromatic rings. The highest BCUT2D eigenvalue weighted by molar-refractivity contribution is 7.17. The molecule has 0 bridgehead atoms. The quantitative estimate of drug-likeness (QED) is 0.787. The van der Waals surface area contributed by atoms with Crippen LogP contribution in [0.25, 0.3) is 10.1 Å². The van der Waals surface area contributed by atoms with Crippen molar-refractivity contribution in [1.82, 2.24) is 19.7 Å². The Labute approximate surface area is 142 Å². The van der Waals surface area contributed by atoms with E-state index in [2.05, 4.69) is 34.0 Å². The third-order valence-corrected chi connectivity index (χ3v) is 5.46. The number of hydrogen-bond donors (Lipinski definition) is 1. The van der Waals surface area contributed by atoms with Crippen LogP contribution in [-0.2, 0) is 31.4 Å². The largest absolute Gasteiger partial charge is 0.352 e. The molecule has 6 nitrogen and oxygen atoms in total. The fraction of sp³-hybridized carbons (Fsp3) is 0.353. The van der Waals surface area contributed by atoms with Gasteiger partial charge in [-0.25, -0.2) is 9.48 Å². The molecule has 1 atom stereocenters. The van der Waals surface area contributed by atoms with Crippen LogP contribution in [0, 0.1) is 5.92 Å². The zero-order valence-electron chi connectivity index (χ0n) is 13.4. The summed E-state index contributed by atoms with van der Waals surface area (Å²) in [5, 5.41) is 10.5. The van der Waals surface area contributed by atoms with Crippen molar-refractivity contribution in [3.63, 3.8) is 0 Å². The molecular weight excluding hydrogens is 324 g/mol. The van der Waals surface area contributed by atoms with Crippen LogP contribution >= 0.6 is 11.3 Å². The van der Waals surface area contributed by atoms with Gasteiger partial charge in [0.15, 0.2) is 0 Å². The number of hydrogen-bond acceptors (Lipinski definition) is 4. The summed E-state index contributed by atoms with van der Waals surface area (Å²) in [5.74, 6) is 0.598. The van der Waals surface area contributed by atoms with E-state index in [0.717, 1.165) is 17.8 Å². The molecule has 4 rings (SSSR count). The lowest BCUT2D eigenvalue weighted by Crippen LogP contribution is -2.38. The second-order valence-corrected chi connectivity index (χ2v) is 7.13. The topological polar surface area (TPSA) is 68.9 Å². The fourth-order valence-electron chi connectivity index (χ4n) is 3.21. The van der Waals surface area contributed by atoms with Gasteiger partial charge in [-0.05, 0) is 40.9 Å². The number of rotatable bonds is 3. The van der Waals surface area contributed by atoms with Crippen LogP contribution in [0.3, 0.4) is 0 Å². The van der Waals surface area contributed by atoms with E-state index in [1.165, 1.54) is 14.8 Å². The average Bonchev–Trinajstić information content (AvgIpc) is 3.17. The second kappa shape index (κ2) is 5.90. The molecule has 7 heteroatoms. The number of fused-ring (bicyclic) bond motifs is 2. The SMILES string of the molecule is Cn1nc2n(c1=O)C[C@H](C(=O)NCc1ccc3sccc3c1)CC2. The van der Waals surface area contributed by atoms with E-state index in [1.807, 2.05) is 6.07 Å². The summed E-state index contributed by atoms with van der Waals surface area (Å²) in [4.78, 5) is 24.5. The molecule has 24 heavy (non-hydrogen) atoms. The van der Waals surface area contributed by atoms with Crippen molar-refractivity contribution in [3.8, 4) is 0 Å². The highest BCUT2D eigenvalue weighted by Crippen LogP contribution is 2.22. The molecule has 1 aliphatic rings. The monoisotopic (exact) mass is 342 g/mol. The van der Waals surface area contributed by atoms with Gasteiger partial charge in [0.25, 0.3) is 0 Å². The Balaban J connectivity index is 1.43. The predicted octanol–water partition coefficient (Wildman–Crippen LogP) is 1.68. The average molecular weight is 342 g/mol. The Hall–Kier alpha value is -2.41. The Morgan fingerprint density at radius 1 is 1.42 bits per heavy atom. The van der Waals surface area contributed by atoms with E-state index in [9.17, 15) is 9.59 Å². The van der Waals surface area contributed by atoms with Gasteiger partial charge >= 0.3 is 5.69 Å². The molecule has 0 aliphatic carbocycles. The molecule has 1 amide bonds. The smallest absolute Gasteiger partial charge is 0.345 e. The van der Waals surface area contributed by atoms with Crippen LogP contribution in [0.4, 0.5) is 0 Å². The van der Waals surface area contributed by atoms with Gasteiger partial charge in [-0.1, -0.05) is 6.07 Å². The van der Waals surface area contributed by atoms with Gasteiger partial charge in [0.05, 0.1) is 5.92 Å². The normalized spacial score (nSPS) is 17.0. The number of benzene rings is 1. The molecule has 2 aromatic heterocycles. The summed E-state index contributed by atoms with van der Waals surface area (Å²) in [6.07, 6.45) is 1.39. The molecule has 0 unspecified atom stereocenters. The van der Waals surface area contributed by atoms with E-state index in [1.54, 1.807) is 23.0 Å². The van der Waals surface area contributed by atoms with Crippen molar-refractivity contribution in [2.45, 2.75) is 25.9 Å². The molecule has 0 fully saturated rings. The van der Waals surface area contributed by atoms with E-state index in [0.29, 0.717) is 19.5 Å². The van der Waals surface area contributed by atoms with Crippen molar-refractivity contribution in [2.75, 3.05) is 0 Å². The Morgan fingerprint density at radius 2 is 2.29 bits per heavy atom. The van der Waals surface area contributed by atoms with E-state index < -0.39 is 0 Å². The maximum atomic E-state index is 12.5. The van der Waals surface area contributed by atoms with Crippen LogP contribution in [0.1, 0.15) is 17.8 Å². The number of thiophene rings is 1. The van der Waals surface area contributed by atoms with Crippen molar-refractivity contribution in [1.29, 1.82) is 0 Å². The van der Waals surface area contributed by atoms with Gasteiger partial charge in [-0.2, -0.15) is 5.10 Å². The number of carbonyl (C=O) groups excluding carboxylic acids is 1. The Kier molecular flexibility index (Phi) is 3.72. The van der Waals surface area contributed by atoms with Crippen LogP contribution in [0.15, 0.2) is 34.4 Å². The lowest BCUT2D eigenvalue weighted by molar-refractivity contribution is -0.126. The van der Waals surface area contributed by atoms with E-state index in [4.69, 9.17) is 0 Å². The minimum atomic E-state index is -0.177. The van der Waals surface area contributed by atoms with Crippen LogP contribution < -0.4 is 11.0 Å². The number of aromatic nitrogens is 3. The van der Waals surface area contributed by atoms with Crippen LogP contribution in [0.2, 0.25) is 0 Å². The van der Waals surface area contributed by atoms with Gasteiger partial charge in [0.2, 0.25) is 5.91 Å². The summed E-state index contributed by atoms with van der Waals surface area (Å²) in [6, 6.07) is 8.33. The molecule has 0 saturated carbocycles. The Morgan fingerprint density at radius 3 is 3.17 bits per heavy atom. The third kappa shape index (κ3) is 2.65. The van der Waals surface area contributed by atoms with Crippen molar-refractivity contribution >= 4 is 27.3 Å². The standard InChI is InChI=1S/C17H18N4O2S/c1-20-17(23)21-10-13(3-5-15(21)19-20)16(22)18-9-11-2-4-14-12(8-11)6-7-24-14/h2,4,6-8,13H,3,5,9-10H2,1H3,(H,18,22)/t13-/m1/s1. The summed E-state index contributed by atoms with van der Waals surface area (Å²) in [5.41, 5.74) is 0.940. The predicted molar refractivity (Wildman–Crippen MR) is 93.0 cm³/mol. The number of nitrogens with one attached hydrogen (secondary N) is 1. The van der Waals surface area contributed by atoms with Crippen LogP contribution in [-0.4, -0.2) is 20.3 Å². The van der Waals surface area contributed by atoms with Gasteiger partial charge in [0, 0.05) is 31.3 Å². The van der Waals surface area contributed by atoms with Crippen molar-refractivity contribution < 1.29 is 4.79 Å². The summed E-state index contributed by atoms with van der Waals surface area (Å²) in [7, 11) is 1.64. The first-order chi connectivity index (χ1) is 11.6. The summed E-state index contributed by atoms with van der Waals surface area (Å²) < 4.78 is 4.21. The maximum absolute atomic E-state index is 12.5. The fourth-order valence-corrected chi connectivity index (χ4v) is 3.98. The first kappa shape index (κ1) is 15.1. The number of aryl methyl sites for hydroxylation is 2. The van der Waals surface area contributed by atoms with Gasteiger partial charge in [-0.3, -0.25) is 9.36 Å². The molecule has 1 N–H and O–H groups in total. The highest BCUT2D eigenvalue weighted by Gasteiger charge is 2.27. The van der Waals surface area contributed by atoms with E-state index in [-0.39, 0.29) is 17.5 Å². The maximum Gasteiger partial charge on any atom is 0.345 e. The van der Waals surface area contributed by atoms with Gasteiger partial charge in [-0.15, -0.1) is 11.3 Å². The highest BCUT2D eigenvalue weighted by atomic mass is 32.1. The zero-order valence-corrected chi connectivity index (χ0v) is 14.2. The van der Waals surface area contributed by atoms with Gasteiger partial charge < -0.3 is 5.32 Å². The lowest BCUT2D eigenvalue weighted by atomic mass is 9.98. The summed E-state index contributed by atoms with van der Waals surface area (Å²) >= 11 is 1.71. The minimum Gasteiger partial charge on any atom is -0.352 e. The summed E-state index contributed by atoms with van der Waals surface area (Å²) in [6.45, 7) is 0.924. The number of nitrogens with zero attached hydrogens (tertiary/aromatic N) is 3.